The van der Waals surface area contributed by atoms with Crippen LogP contribution in [-0.4, -0.2) is 6.71 Å². The van der Waals surface area contributed by atoms with Crippen LogP contribution in [0.4, 0.5) is 0 Å². The number of rotatable bonds is 0. The second-order valence-corrected chi connectivity index (χ2v) is 15.7. The summed E-state index contributed by atoms with van der Waals surface area (Å²) in [6.07, 6.45) is 0. The van der Waals surface area contributed by atoms with Crippen molar-refractivity contribution in [2.45, 2.75) is 0 Å². The van der Waals surface area contributed by atoms with Crippen LogP contribution in [0.15, 0.2) is 151 Å². The first-order valence-electron chi connectivity index (χ1n) is 19.2. The molecule has 0 saturated heterocycles. The van der Waals surface area contributed by atoms with Crippen molar-refractivity contribution in [3.05, 3.63) is 139 Å². The van der Waals surface area contributed by atoms with Crippen LogP contribution in [-0.2, 0) is 0 Å². The number of nitrogens with zero attached hydrogens (tertiary/aromatic N) is 1. The van der Waals surface area contributed by atoms with Gasteiger partial charge in [0.2, 0.25) is 6.71 Å². The molecule has 5 nitrogen and oxygen atoms in total. The number of para-hydroxylation sites is 4. The zero-order valence-electron chi connectivity index (χ0n) is 29.9. The van der Waals surface area contributed by atoms with Gasteiger partial charge in [0, 0.05) is 54.2 Å². The first-order valence-corrected chi connectivity index (χ1v) is 19.2. The molecule has 0 fully saturated rings. The molecule has 9 aromatic carbocycles. The summed E-state index contributed by atoms with van der Waals surface area (Å²) in [5.41, 5.74) is 15.0. The van der Waals surface area contributed by atoms with Gasteiger partial charge in [-0.15, -0.1) is 0 Å². The molecule has 0 radical (unpaired) electrons. The average molecular weight is 724 g/mol. The highest BCUT2D eigenvalue weighted by Crippen LogP contribution is 2.51. The van der Waals surface area contributed by atoms with Gasteiger partial charge in [0.1, 0.15) is 44.7 Å². The Morgan fingerprint density at radius 2 is 0.737 bits per heavy atom. The highest BCUT2D eigenvalue weighted by Gasteiger charge is 2.42. The molecule has 4 aromatic heterocycles. The van der Waals surface area contributed by atoms with Crippen LogP contribution < -0.4 is 16.4 Å². The lowest BCUT2D eigenvalue weighted by molar-refractivity contribution is 0.668. The summed E-state index contributed by atoms with van der Waals surface area (Å²) >= 11 is 0. The summed E-state index contributed by atoms with van der Waals surface area (Å²) in [7, 11) is 0. The van der Waals surface area contributed by atoms with Crippen molar-refractivity contribution < 1.29 is 17.7 Å². The van der Waals surface area contributed by atoms with E-state index in [1.54, 1.807) is 0 Å². The third-order valence-corrected chi connectivity index (χ3v) is 13.0. The normalized spacial score (nSPS) is 13.2. The Labute approximate surface area is 321 Å². The minimum absolute atomic E-state index is 0.200. The van der Waals surface area contributed by atoms with Crippen molar-refractivity contribution in [1.29, 1.82) is 5.26 Å². The molecule has 0 N–H and O–H groups in total. The summed E-state index contributed by atoms with van der Waals surface area (Å²) in [6.45, 7) is -0.200. The van der Waals surface area contributed by atoms with Crippen molar-refractivity contribution in [2.24, 2.45) is 0 Å². The van der Waals surface area contributed by atoms with E-state index < -0.39 is 0 Å². The molecule has 0 spiro atoms. The van der Waals surface area contributed by atoms with Crippen LogP contribution in [0.2, 0.25) is 0 Å². The van der Waals surface area contributed by atoms with E-state index >= 15 is 0 Å². The number of furan rings is 4. The first-order chi connectivity index (χ1) is 28.2. The molecule has 0 atom stereocenters. The van der Waals surface area contributed by atoms with E-state index in [-0.39, 0.29) is 6.71 Å². The zero-order valence-corrected chi connectivity index (χ0v) is 29.9. The van der Waals surface area contributed by atoms with Gasteiger partial charge in [-0.3, -0.25) is 0 Å². The summed E-state index contributed by atoms with van der Waals surface area (Å²) < 4.78 is 27.0. The maximum atomic E-state index is 10.9. The predicted molar refractivity (Wildman–Crippen MR) is 231 cm³/mol. The number of benzene rings is 9. The first kappa shape index (κ1) is 28.7. The lowest BCUT2D eigenvalue weighted by Gasteiger charge is -2.35. The van der Waals surface area contributed by atoms with Crippen molar-refractivity contribution in [1.82, 2.24) is 0 Å². The van der Waals surface area contributed by atoms with Gasteiger partial charge in [0.15, 0.2) is 0 Å². The molecule has 0 aliphatic carbocycles. The molecule has 0 amide bonds. The Bertz CT molecular complexity index is 3870. The van der Waals surface area contributed by atoms with Gasteiger partial charge in [-0.05, 0) is 93.3 Å². The molecule has 0 unspecified atom stereocenters. The quantitative estimate of drug-likeness (QED) is 0.146. The molecular formula is C51H22BNO4. The van der Waals surface area contributed by atoms with Crippen LogP contribution in [0.1, 0.15) is 5.56 Å². The highest BCUT2D eigenvalue weighted by atomic mass is 16.3. The Hall–Kier alpha value is -7.75. The second-order valence-electron chi connectivity index (χ2n) is 15.7. The van der Waals surface area contributed by atoms with E-state index in [9.17, 15) is 5.26 Å². The van der Waals surface area contributed by atoms with Crippen molar-refractivity contribution in [2.75, 3.05) is 0 Å². The molecule has 57 heavy (non-hydrogen) atoms. The number of fused-ring (bicyclic) bond motifs is 20. The van der Waals surface area contributed by atoms with E-state index in [2.05, 4.69) is 91.0 Å². The maximum Gasteiger partial charge on any atom is 0.244 e. The Balaban J connectivity index is 1.25. The fourth-order valence-electron chi connectivity index (χ4n) is 11.0. The van der Waals surface area contributed by atoms with Gasteiger partial charge in [0.05, 0.1) is 11.6 Å². The summed E-state index contributed by atoms with van der Waals surface area (Å²) in [4.78, 5) is 0. The Morgan fingerprint density at radius 1 is 0.368 bits per heavy atom. The van der Waals surface area contributed by atoms with E-state index in [0.717, 1.165) is 148 Å². The largest absolute Gasteiger partial charge is 0.456 e. The Morgan fingerprint density at radius 3 is 1.14 bits per heavy atom. The second kappa shape index (κ2) is 9.54. The summed E-state index contributed by atoms with van der Waals surface area (Å²) in [5.74, 6) is 0. The van der Waals surface area contributed by atoms with Gasteiger partial charge in [-0.1, -0.05) is 89.2 Å². The van der Waals surface area contributed by atoms with Crippen LogP contribution in [0, 0.1) is 11.3 Å². The van der Waals surface area contributed by atoms with E-state index in [0.29, 0.717) is 5.56 Å². The van der Waals surface area contributed by atoms with Crippen LogP contribution >= 0.6 is 0 Å². The topological polar surface area (TPSA) is 76.3 Å². The van der Waals surface area contributed by atoms with E-state index in [1.165, 1.54) is 0 Å². The van der Waals surface area contributed by atoms with Crippen molar-refractivity contribution >= 4 is 132 Å². The van der Waals surface area contributed by atoms with Gasteiger partial charge >= 0.3 is 0 Å². The minimum Gasteiger partial charge on any atom is -0.456 e. The zero-order chi connectivity index (χ0) is 36.8. The summed E-state index contributed by atoms with van der Waals surface area (Å²) in [6, 6.07) is 49.0. The van der Waals surface area contributed by atoms with E-state index in [4.69, 9.17) is 17.7 Å². The van der Waals surface area contributed by atoms with Gasteiger partial charge in [0.25, 0.3) is 0 Å². The fraction of sp³-hybridized carbons (Fsp3) is 0. The lowest BCUT2D eigenvalue weighted by atomic mass is 9.30. The van der Waals surface area contributed by atoms with E-state index in [1.807, 2.05) is 48.5 Å². The predicted octanol–water partition coefficient (Wildman–Crippen LogP) is 11.9. The third kappa shape index (κ3) is 3.25. The van der Waals surface area contributed by atoms with Crippen molar-refractivity contribution in [3.8, 4) is 28.3 Å². The smallest absolute Gasteiger partial charge is 0.244 e. The standard InChI is InChI=1S/C51H22BNO4/c53-23-24-17-31-49-45-29(19-39-47(49)27-11-3-7-15-37(27)54-39)43-25-9-1-5-13-35(25)56-41(43)21-33(45)52-34-22-42-44(26-10-2-6-14-36(26)57-42)30-20-40-48(28-12-4-8-16-38(28)55-40)50(46(30)34)32(18-24)51(31)52/h1-22H. The minimum atomic E-state index is -0.200. The molecule has 2 aliphatic rings. The monoisotopic (exact) mass is 723 g/mol. The van der Waals surface area contributed by atoms with Crippen molar-refractivity contribution in [3.63, 3.8) is 0 Å². The SMILES string of the molecule is N#Cc1cc2c3c(c1)-c1c4c(cc5oc6ccccc6c5c4cc4oc5ccccc5c14)B3c1cc3oc4ccccc4c3c3cc4oc5ccccc5c4c-2c13. The molecule has 15 rings (SSSR count). The number of hydrogen-bond acceptors (Lipinski definition) is 5. The molecule has 0 saturated carbocycles. The number of hydrogen-bond donors (Lipinski definition) is 0. The average Bonchev–Trinajstić information content (AvgIpc) is 4.01. The van der Waals surface area contributed by atoms with Gasteiger partial charge in [-0.2, -0.15) is 5.26 Å². The van der Waals surface area contributed by atoms with Crippen LogP contribution in [0.25, 0.3) is 132 Å². The molecule has 6 heteroatoms. The molecule has 258 valence electrons. The fourth-order valence-corrected chi connectivity index (χ4v) is 11.0. The third-order valence-electron chi connectivity index (χ3n) is 13.0. The maximum absolute atomic E-state index is 10.9. The number of nitriles is 1. The van der Waals surface area contributed by atoms with Crippen LogP contribution in [0.5, 0.6) is 0 Å². The van der Waals surface area contributed by atoms with Crippen LogP contribution in [0.3, 0.4) is 0 Å². The Kier molecular flexibility index (Phi) is 4.80. The molecular weight excluding hydrogens is 701 g/mol. The lowest BCUT2D eigenvalue weighted by Crippen LogP contribution is -2.57. The molecule has 2 aliphatic heterocycles. The molecule has 6 heterocycles. The van der Waals surface area contributed by atoms with Gasteiger partial charge in [-0.25, -0.2) is 0 Å². The molecule has 13 aromatic rings. The molecule has 0 bridgehead atoms. The van der Waals surface area contributed by atoms with Gasteiger partial charge < -0.3 is 17.7 Å². The summed E-state index contributed by atoms with van der Waals surface area (Å²) in [5, 5.41) is 23.8. The highest BCUT2D eigenvalue weighted by molar-refractivity contribution is 7.02.